The Morgan fingerprint density at radius 1 is 1.21 bits per heavy atom. The van der Waals surface area contributed by atoms with Crippen molar-refractivity contribution in [2.24, 2.45) is 0 Å². The number of hydrogen-bond donors (Lipinski definition) is 2. The van der Waals surface area contributed by atoms with Gasteiger partial charge in [0.2, 0.25) is 0 Å². The molecule has 2 rings (SSSR count). The summed E-state index contributed by atoms with van der Waals surface area (Å²) in [7, 11) is 5.59. The van der Waals surface area contributed by atoms with Crippen molar-refractivity contribution in [3.63, 3.8) is 0 Å². The van der Waals surface area contributed by atoms with Crippen LogP contribution in [0, 0.1) is 0 Å². The van der Waals surface area contributed by atoms with Crippen LogP contribution < -0.4 is 15.4 Å². The molecule has 2 aromatic rings. The summed E-state index contributed by atoms with van der Waals surface area (Å²) in [5, 5.41) is 6.24. The first-order valence-corrected chi connectivity index (χ1v) is 7.98. The highest BCUT2D eigenvalue weighted by molar-refractivity contribution is 6.30. The third-order valence-corrected chi connectivity index (χ3v) is 3.88. The van der Waals surface area contributed by atoms with Gasteiger partial charge in [-0.25, -0.2) is 4.79 Å². The minimum atomic E-state index is -0.271. The molecule has 2 amide bonds. The number of likely N-dealkylation sites (N-methyl/N-ethyl adjacent to an activating group) is 1. The number of ether oxygens (including phenoxy) is 1. The van der Waals surface area contributed by atoms with E-state index in [1.54, 1.807) is 31.4 Å². The number of amides is 2. The predicted octanol–water partition coefficient (Wildman–Crippen LogP) is 3.77. The van der Waals surface area contributed by atoms with Gasteiger partial charge in [0, 0.05) is 17.3 Å². The molecule has 0 fully saturated rings. The van der Waals surface area contributed by atoms with Crippen LogP contribution in [0.1, 0.15) is 11.6 Å². The highest BCUT2D eigenvalue weighted by atomic mass is 35.5. The number of nitrogens with zero attached hydrogens (tertiary/aromatic N) is 1. The molecule has 0 saturated heterocycles. The fraction of sp³-hybridized carbons (Fsp3) is 0.278. The van der Waals surface area contributed by atoms with Crippen molar-refractivity contribution in [2.45, 2.75) is 6.04 Å². The Kier molecular flexibility index (Phi) is 6.46. The molecule has 2 N–H and O–H groups in total. The normalized spacial score (nSPS) is 11.9. The summed E-state index contributed by atoms with van der Waals surface area (Å²) < 4.78 is 5.27. The van der Waals surface area contributed by atoms with E-state index in [1.807, 2.05) is 38.4 Å². The fourth-order valence-corrected chi connectivity index (χ4v) is 2.57. The molecule has 0 aliphatic rings. The Bertz CT molecular complexity index is 691. The summed E-state index contributed by atoms with van der Waals surface area (Å²) in [6, 6.07) is 14.6. The van der Waals surface area contributed by atoms with Crippen LogP contribution in [-0.2, 0) is 0 Å². The predicted molar refractivity (Wildman–Crippen MR) is 97.9 cm³/mol. The zero-order valence-electron chi connectivity index (χ0n) is 14.0. The van der Waals surface area contributed by atoms with E-state index in [0.717, 1.165) is 11.3 Å². The molecule has 0 saturated carbocycles. The third-order valence-electron chi connectivity index (χ3n) is 3.64. The average Bonchev–Trinajstić information content (AvgIpc) is 2.55. The van der Waals surface area contributed by atoms with Gasteiger partial charge in [0.05, 0.1) is 13.2 Å². The second kappa shape index (κ2) is 8.57. The summed E-state index contributed by atoms with van der Waals surface area (Å²) in [4.78, 5) is 14.1. The molecule has 6 heteroatoms. The number of halogens is 1. The lowest BCUT2D eigenvalue weighted by atomic mass is 10.1. The lowest BCUT2D eigenvalue weighted by Crippen LogP contribution is -2.36. The second-order valence-electron chi connectivity index (χ2n) is 5.60. The molecule has 0 aliphatic carbocycles. The summed E-state index contributed by atoms with van der Waals surface area (Å²) in [6.07, 6.45) is 0. The van der Waals surface area contributed by atoms with Gasteiger partial charge >= 0.3 is 6.03 Å². The number of benzene rings is 2. The summed E-state index contributed by atoms with van der Waals surface area (Å²) in [5.74, 6) is 0.794. The summed E-state index contributed by atoms with van der Waals surface area (Å²) in [5.41, 5.74) is 1.73. The van der Waals surface area contributed by atoms with E-state index >= 15 is 0 Å². The lowest BCUT2D eigenvalue weighted by Gasteiger charge is -2.25. The third kappa shape index (κ3) is 5.15. The molecule has 24 heavy (non-hydrogen) atoms. The van der Waals surface area contributed by atoms with Crippen LogP contribution in [0.25, 0.3) is 0 Å². The quantitative estimate of drug-likeness (QED) is 0.836. The van der Waals surface area contributed by atoms with Crippen LogP contribution in [0.3, 0.4) is 0 Å². The Hall–Kier alpha value is -2.24. The molecule has 128 valence electrons. The molecule has 1 atom stereocenters. The molecule has 2 aromatic carbocycles. The summed E-state index contributed by atoms with van der Waals surface area (Å²) >= 11 is 5.92. The Morgan fingerprint density at radius 2 is 1.96 bits per heavy atom. The zero-order chi connectivity index (χ0) is 17.5. The number of carbonyl (C=O) groups excluding carboxylic acids is 1. The molecular formula is C18H22ClN3O2. The maximum absolute atomic E-state index is 12.1. The van der Waals surface area contributed by atoms with Crippen LogP contribution in [0.5, 0.6) is 5.75 Å². The number of urea groups is 1. The van der Waals surface area contributed by atoms with Gasteiger partial charge in [0.15, 0.2) is 0 Å². The van der Waals surface area contributed by atoms with Gasteiger partial charge in [0.25, 0.3) is 0 Å². The van der Waals surface area contributed by atoms with Gasteiger partial charge in [-0.3, -0.25) is 0 Å². The van der Waals surface area contributed by atoms with Crippen molar-refractivity contribution in [3.05, 3.63) is 59.1 Å². The van der Waals surface area contributed by atoms with E-state index in [2.05, 4.69) is 15.5 Å². The second-order valence-corrected chi connectivity index (χ2v) is 6.04. The van der Waals surface area contributed by atoms with Crippen LogP contribution in [0.4, 0.5) is 10.5 Å². The first kappa shape index (κ1) is 18.1. The largest absolute Gasteiger partial charge is 0.497 e. The topological polar surface area (TPSA) is 53.6 Å². The smallest absolute Gasteiger partial charge is 0.319 e. The van der Waals surface area contributed by atoms with Crippen molar-refractivity contribution in [3.8, 4) is 5.75 Å². The SMILES string of the molecule is COc1cccc(C(CNC(=O)Nc2cccc(Cl)c2)N(C)C)c1. The molecule has 1 unspecified atom stereocenters. The highest BCUT2D eigenvalue weighted by Gasteiger charge is 2.16. The van der Waals surface area contributed by atoms with E-state index in [0.29, 0.717) is 17.3 Å². The number of rotatable bonds is 6. The highest BCUT2D eigenvalue weighted by Crippen LogP contribution is 2.22. The Labute approximate surface area is 147 Å². The van der Waals surface area contributed by atoms with Gasteiger partial charge in [0.1, 0.15) is 5.75 Å². The average molecular weight is 348 g/mol. The van der Waals surface area contributed by atoms with E-state index < -0.39 is 0 Å². The monoisotopic (exact) mass is 347 g/mol. The molecule has 0 radical (unpaired) electrons. The minimum absolute atomic E-state index is 0.0326. The minimum Gasteiger partial charge on any atom is -0.497 e. The van der Waals surface area contributed by atoms with Gasteiger partial charge < -0.3 is 20.3 Å². The van der Waals surface area contributed by atoms with Gasteiger partial charge in [-0.1, -0.05) is 29.8 Å². The molecule has 5 nitrogen and oxygen atoms in total. The van der Waals surface area contributed by atoms with Crippen LogP contribution in [0.15, 0.2) is 48.5 Å². The van der Waals surface area contributed by atoms with Crippen LogP contribution in [-0.4, -0.2) is 38.7 Å². The molecule has 0 heterocycles. The van der Waals surface area contributed by atoms with Crippen molar-refractivity contribution in [1.29, 1.82) is 0 Å². The maximum atomic E-state index is 12.1. The van der Waals surface area contributed by atoms with Crippen molar-refractivity contribution >= 4 is 23.3 Å². The Morgan fingerprint density at radius 3 is 2.62 bits per heavy atom. The van der Waals surface area contributed by atoms with Crippen molar-refractivity contribution in [1.82, 2.24) is 10.2 Å². The van der Waals surface area contributed by atoms with E-state index in [-0.39, 0.29) is 12.1 Å². The summed E-state index contributed by atoms with van der Waals surface area (Å²) in [6.45, 7) is 0.465. The first-order valence-electron chi connectivity index (χ1n) is 7.60. The number of methoxy groups -OCH3 is 1. The number of carbonyl (C=O) groups is 1. The number of hydrogen-bond acceptors (Lipinski definition) is 3. The maximum Gasteiger partial charge on any atom is 0.319 e. The number of anilines is 1. The van der Waals surface area contributed by atoms with Gasteiger partial charge in [-0.2, -0.15) is 0 Å². The standard InChI is InChI=1S/C18H22ClN3O2/c1-22(2)17(13-6-4-9-16(10-13)24-3)12-20-18(23)21-15-8-5-7-14(19)11-15/h4-11,17H,12H2,1-3H3,(H2,20,21,23). The van der Waals surface area contributed by atoms with E-state index in [1.165, 1.54) is 0 Å². The van der Waals surface area contributed by atoms with Crippen molar-refractivity contribution in [2.75, 3.05) is 33.1 Å². The van der Waals surface area contributed by atoms with Crippen LogP contribution >= 0.6 is 11.6 Å². The van der Waals surface area contributed by atoms with Gasteiger partial charge in [-0.15, -0.1) is 0 Å². The fourth-order valence-electron chi connectivity index (χ4n) is 2.38. The van der Waals surface area contributed by atoms with Gasteiger partial charge in [-0.05, 0) is 50.0 Å². The van der Waals surface area contributed by atoms with E-state index in [9.17, 15) is 4.79 Å². The van der Waals surface area contributed by atoms with Crippen molar-refractivity contribution < 1.29 is 9.53 Å². The first-order chi connectivity index (χ1) is 11.5. The number of nitrogens with one attached hydrogen (secondary N) is 2. The molecule has 0 aromatic heterocycles. The molecule has 0 aliphatic heterocycles. The zero-order valence-corrected chi connectivity index (χ0v) is 14.8. The lowest BCUT2D eigenvalue weighted by molar-refractivity contribution is 0.243. The molecule has 0 spiro atoms. The molecule has 0 bridgehead atoms. The van der Waals surface area contributed by atoms with E-state index in [4.69, 9.17) is 16.3 Å². The van der Waals surface area contributed by atoms with Crippen LogP contribution in [0.2, 0.25) is 5.02 Å². The Balaban J connectivity index is 1.99. The molecular weight excluding hydrogens is 326 g/mol.